The average molecular weight is 245 g/mol. The number of benzene rings is 1. The average Bonchev–Trinajstić information content (AvgIpc) is 2.26. The van der Waals surface area contributed by atoms with Gasteiger partial charge in [-0.2, -0.15) is 13.2 Å². The SMILES string of the molecule is CC(C(=O)c1ccccc1)N(C)CC(F)(F)F. The molecule has 0 N–H and O–H groups in total. The summed E-state index contributed by atoms with van der Waals surface area (Å²) >= 11 is 0. The van der Waals surface area contributed by atoms with Gasteiger partial charge < -0.3 is 0 Å². The van der Waals surface area contributed by atoms with Crippen LogP contribution in [0, 0.1) is 0 Å². The Morgan fingerprint density at radius 2 is 1.82 bits per heavy atom. The van der Waals surface area contributed by atoms with Gasteiger partial charge in [0.05, 0.1) is 12.6 Å². The lowest BCUT2D eigenvalue weighted by molar-refractivity contribution is -0.145. The molecule has 0 aliphatic carbocycles. The van der Waals surface area contributed by atoms with E-state index >= 15 is 0 Å². The highest BCUT2D eigenvalue weighted by Gasteiger charge is 2.32. The number of Topliss-reactive ketones (excluding diaryl/α,β-unsaturated/α-hetero) is 1. The van der Waals surface area contributed by atoms with Crippen LogP contribution in [0.25, 0.3) is 0 Å². The summed E-state index contributed by atoms with van der Waals surface area (Å²) in [5.41, 5.74) is 0.425. The van der Waals surface area contributed by atoms with Crippen LogP contribution >= 0.6 is 0 Å². The first-order chi connectivity index (χ1) is 7.81. The highest BCUT2D eigenvalue weighted by atomic mass is 19.4. The molecule has 0 amide bonds. The second-order valence-electron chi connectivity index (χ2n) is 3.94. The second-order valence-corrected chi connectivity index (χ2v) is 3.94. The Labute approximate surface area is 98.0 Å². The molecule has 2 nitrogen and oxygen atoms in total. The zero-order chi connectivity index (χ0) is 13.1. The molecule has 1 unspecified atom stereocenters. The van der Waals surface area contributed by atoms with Gasteiger partial charge in [-0.3, -0.25) is 9.69 Å². The predicted octanol–water partition coefficient (Wildman–Crippen LogP) is 2.75. The van der Waals surface area contributed by atoms with Gasteiger partial charge in [0, 0.05) is 5.56 Å². The fourth-order valence-corrected chi connectivity index (χ4v) is 1.46. The van der Waals surface area contributed by atoms with Crippen molar-refractivity contribution in [3.05, 3.63) is 35.9 Å². The molecule has 0 bridgehead atoms. The largest absolute Gasteiger partial charge is 0.401 e. The molecule has 0 fully saturated rings. The minimum Gasteiger partial charge on any atom is -0.292 e. The number of halogens is 3. The molecule has 0 radical (unpaired) electrons. The molecule has 5 heteroatoms. The molecule has 0 saturated heterocycles. The number of nitrogens with zero attached hydrogens (tertiary/aromatic N) is 1. The smallest absolute Gasteiger partial charge is 0.292 e. The van der Waals surface area contributed by atoms with Crippen molar-refractivity contribution >= 4 is 5.78 Å². The summed E-state index contributed by atoms with van der Waals surface area (Å²) in [5, 5.41) is 0. The van der Waals surface area contributed by atoms with Crippen LogP contribution in [0.2, 0.25) is 0 Å². The van der Waals surface area contributed by atoms with Crippen LogP contribution in [0.4, 0.5) is 13.2 Å². The van der Waals surface area contributed by atoms with Crippen molar-refractivity contribution in [2.75, 3.05) is 13.6 Å². The van der Waals surface area contributed by atoms with Gasteiger partial charge in [0.2, 0.25) is 0 Å². The molecule has 0 heterocycles. The summed E-state index contributed by atoms with van der Waals surface area (Å²) in [6.07, 6.45) is -4.29. The standard InChI is InChI=1S/C12H14F3NO/c1-9(16(2)8-12(13,14)15)11(17)10-6-4-3-5-7-10/h3-7,9H,8H2,1-2H3. The molecule has 0 saturated carbocycles. The number of alkyl halides is 3. The van der Waals surface area contributed by atoms with Crippen LogP contribution in [0.1, 0.15) is 17.3 Å². The molecule has 17 heavy (non-hydrogen) atoms. The summed E-state index contributed by atoms with van der Waals surface area (Å²) in [7, 11) is 1.29. The summed E-state index contributed by atoms with van der Waals surface area (Å²) in [6, 6.07) is 7.52. The highest BCUT2D eigenvalue weighted by molar-refractivity contribution is 5.99. The molecule has 1 rings (SSSR count). The van der Waals surface area contributed by atoms with Crippen molar-refractivity contribution in [2.24, 2.45) is 0 Å². The first-order valence-electron chi connectivity index (χ1n) is 5.17. The lowest BCUT2D eigenvalue weighted by Crippen LogP contribution is -2.41. The van der Waals surface area contributed by atoms with Crippen LogP contribution in [0.15, 0.2) is 30.3 Å². The van der Waals surface area contributed by atoms with Crippen molar-refractivity contribution in [1.29, 1.82) is 0 Å². The van der Waals surface area contributed by atoms with E-state index in [-0.39, 0.29) is 5.78 Å². The second kappa shape index (κ2) is 5.31. The van der Waals surface area contributed by atoms with Gasteiger partial charge in [-0.25, -0.2) is 0 Å². The lowest BCUT2D eigenvalue weighted by Gasteiger charge is -2.24. The van der Waals surface area contributed by atoms with Crippen molar-refractivity contribution in [1.82, 2.24) is 4.90 Å². The third kappa shape index (κ3) is 4.19. The molecule has 0 aliphatic rings. The van der Waals surface area contributed by atoms with E-state index in [0.29, 0.717) is 5.56 Å². The molecule has 94 valence electrons. The van der Waals surface area contributed by atoms with Crippen molar-refractivity contribution < 1.29 is 18.0 Å². The van der Waals surface area contributed by atoms with E-state index < -0.39 is 18.8 Å². The van der Waals surface area contributed by atoms with Gasteiger partial charge in [0.1, 0.15) is 0 Å². The van der Waals surface area contributed by atoms with Gasteiger partial charge >= 0.3 is 6.18 Å². The topological polar surface area (TPSA) is 20.3 Å². The monoisotopic (exact) mass is 245 g/mol. The summed E-state index contributed by atoms with van der Waals surface area (Å²) in [4.78, 5) is 12.9. The number of rotatable bonds is 4. The number of ketones is 1. The number of carbonyl (C=O) groups is 1. The molecule has 0 aliphatic heterocycles. The van der Waals surface area contributed by atoms with E-state index in [4.69, 9.17) is 0 Å². The fraction of sp³-hybridized carbons (Fsp3) is 0.417. The quantitative estimate of drug-likeness (QED) is 0.760. The maximum Gasteiger partial charge on any atom is 0.401 e. The fourth-order valence-electron chi connectivity index (χ4n) is 1.46. The van der Waals surface area contributed by atoms with Crippen LogP contribution < -0.4 is 0 Å². The Kier molecular flexibility index (Phi) is 4.28. The van der Waals surface area contributed by atoms with E-state index in [1.807, 2.05) is 0 Å². The van der Waals surface area contributed by atoms with Gasteiger partial charge in [0.25, 0.3) is 0 Å². The van der Waals surface area contributed by atoms with Gasteiger partial charge in [-0.1, -0.05) is 30.3 Å². The Morgan fingerprint density at radius 1 is 1.29 bits per heavy atom. The zero-order valence-electron chi connectivity index (χ0n) is 9.66. The lowest BCUT2D eigenvalue weighted by atomic mass is 10.0. The van der Waals surface area contributed by atoms with Crippen LogP contribution in [0.3, 0.4) is 0 Å². The van der Waals surface area contributed by atoms with Gasteiger partial charge in [-0.05, 0) is 14.0 Å². The minimum absolute atomic E-state index is 0.308. The van der Waals surface area contributed by atoms with E-state index in [1.165, 1.54) is 14.0 Å². The molecule has 1 atom stereocenters. The first-order valence-corrected chi connectivity index (χ1v) is 5.17. The van der Waals surface area contributed by atoms with Crippen molar-refractivity contribution in [3.8, 4) is 0 Å². The molecule has 0 aromatic heterocycles. The summed E-state index contributed by atoms with van der Waals surface area (Å²) in [6.45, 7) is 0.383. The Balaban J connectivity index is 2.70. The van der Waals surface area contributed by atoms with E-state index in [0.717, 1.165) is 4.90 Å². The van der Waals surface area contributed by atoms with Gasteiger partial charge in [-0.15, -0.1) is 0 Å². The molecule has 1 aromatic rings. The Morgan fingerprint density at radius 3 is 2.29 bits per heavy atom. The van der Waals surface area contributed by atoms with Crippen molar-refractivity contribution in [2.45, 2.75) is 19.1 Å². The van der Waals surface area contributed by atoms with Gasteiger partial charge in [0.15, 0.2) is 5.78 Å². The van der Waals surface area contributed by atoms with Crippen molar-refractivity contribution in [3.63, 3.8) is 0 Å². The Hall–Kier alpha value is -1.36. The molecular weight excluding hydrogens is 231 g/mol. The molecular formula is C12H14F3NO. The molecule has 0 spiro atoms. The maximum atomic E-state index is 12.2. The highest BCUT2D eigenvalue weighted by Crippen LogP contribution is 2.18. The third-order valence-electron chi connectivity index (χ3n) is 2.53. The maximum absolute atomic E-state index is 12.2. The van der Waals surface area contributed by atoms with Crippen LogP contribution in [-0.4, -0.2) is 36.5 Å². The number of likely N-dealkylation sites (N-methyl/N-ethyl adjacent to an activating group) is 1. The number of hydrogen-bond acceptors (Lipinski definition) is 2. The zero-order valence-corrected chi connectivity index (χ0v) is 9.66. The first kappa shape index (κ1) is 13.7. The number of hydrogen-bond donors (Lipinski definition) is 0. The minimum atomic E-state index is -4.29. The van der Waals surface area contributed by atoms with Crippen LogP contribution in [-0.2, 0) is 0 Å². The summed E-state index contributed by atoms with van der Waals surface area (Å²) < 4.78 is 36.5. The Bertz CT molecular complexity index is 375. The van der Waals surface area contributed by atoms with E-state index in [9.17, 15) is 18.0 Å². The van der Waals surface area contributed by atoms with E-state index in [1.54, 1.807) is 30.3 Å². The third-order valence-corrected chi connectivity index (χ3v) is 2.53. The number of carbonyl (C=O) groups excluding carboxylic acids is 1. The predicted molar refractivity (Wildman–Crippen MR) is 58.9 cm³/mol. The normalized spacial score (nSPS) is 13.8. The van der Waals surface area contributed by atoms with Crippen LogP contribution in [0.5, 0.6) is 0 Å². The summed E-state index contributed by atoms with van der Waals surface area (Å²) in [5.74, 6) is -0.308. The molecule has 1 aromatic carbocycles. The van der Waals surface area contributed by atoms with E-state index in [2.05, 4.69) is 0 Å².